The molecule has 0 aliphatic carbocycles. The molecule has 0 aromatic heterocycles. The third kappa shape index (κ3) is 3.35. The van der Waals surface area contributed by atoms with E-state index in [1.807, 2.05) is 0 Å². The summed E-state index contributed by atoms with van der Waals surface area (Å²) in [6.07, 6.45) is 0. The summed E-state index contributed by atoms with van der Waals surface area (Å²) in [4.78, 5) is 0. The van der Waals surface area contributed by atoms with Gasteiger partial charge in [-0.05, 0) is 24.3 Å². The van der Waals surface area contributed by atoms with Crippen molar-refractivity contribution in [2.24, 2.45) is 0 Å². The van der Waals surface area contributed by atoms with E-state index in [-0.39, 0.29) is 20.9 Å². The molecule has 70 valence electrons. The minimum Gasteiger partial charge on any atom is -0.539 e. The predicted octanol–water partition coefficient (Wildman–Crippen LogP) is -0.305. The first kappa shape index (κ1) is 9.89. The average Bonchev–Trinajstić information content (AvgIpc) is 2.17. The topological polar surface area (TPSA) is 58.9 Å². The number of benzene rings is 1. The molecule has 0 fully saturated rings. The standard InChI is InChI=1S/C8H11BO4/c10-5-6-12-7-1-3-8(4-2-7)13-9-11/h1-4,9-11H,5-6H2. The molecule has 1 aromatic carbocycles. The summed E-state index contributed by atoms with van der Waals surface area (Å²) in [6, 6.07) is 6.78. The fourth-order valence-corrected chi connectivity index (χ4v) is 0.870. The normalized spacial score (nSPS) is 9.38. The van der Waals surface area contributed by atoms with Crippen molar-refractivity contribution in [3.8, 4) is 11.5 Å². The number of hydrogen-bond donors (Lipinski definition) is 2. The lowest BCUT2D eigenvalue weighted by Gasteiger charge is -2.05. The maximum Gasteiger partial charge on any atom is 0.504 e. The summed E-state index contributed by atoms with van der Waals surface area (Å²) in [6.45, 7) is 0.273. The second kappa shape index (κ2) is 5.45. The summed E-state index contributed by atoms with van der Waals surface area (Å²) in [5, 5.41) is 16.9. The summed E-state index contributed by atoms with van der Waals surface area (Å²) in [5.41, 5.74) is 0. The third-order valence-electron chi connectivity index (χ3n) is 1.41. The van der Waals surface area contributed by atoms with Crippen molar-refractivity contribution < 1.29 is 19.5 Å². The first-order valence-corrected chi connectivity index (χ1v) is 3.94. The molecule has 0 spiro atoms. The highest BCUT2D eigenvalue weighted by molar-refractivity contribution is 6.17. The number of ether oxygens (including phenoxy) is 1. The second-order valence-electron chi connectivity index (χ2n) is 2.32. The minimum absolute atomic E-state index is 0.00507. The van der Waals surface area contributed by atoms with Crippen LogP contribution in [-0.2, 0) is 0 Å². The van der Waals surface area contributed by atoms with Crippen molar-refractivity contribution in [2.45, 2.75) is 0 Å². The van der Waals surface area contributed by atoms with Gasteiger partial charge in [0.1, 0.15) is 18.1 Å². The molecule has 0 saturated heterocycles. The van der Waals surface area contributed by atoms with E-state index in [1.54, 1.807) is 24.3 Å². The highest BCUT2D eigenvalue weighted by Gasteiger charge is 1.95. The zero-order valence-electron chi connectivity index (χ0n) is 7.14. The molecule has 0 unspecified atom stereocenters. The van der Waals surface area contributed by atoms with Crippen molar-refractivity contribution in [3.63, 3.8) is 0 Å². The zero-order chi connectivity index (χ0) is 9.52. The van der Waals surface area contributed by atoms with Crippen molar-refractivity contribution >= 4 is 7.69 Å². The van der Waals surface area contributed by atoms with Gasteiger partial charge in [-0.25, -0.2) is 0 Å². The van der Waals surface area contributed by atoms with Gasteiger partial charge in [0.05, 0.1) is 6.61 Å². The molecular weight excluding hydrogens is 171 g/mol. The van der Waals surface area contributed by atoms with E-state index in [0.29, 0.717) is 11.5 Å². The Bertz CT molecular complexity index is 236. The molecule has 4 nitrogen and oxygen atoms in total. The summed E-state index contributed by atoms with van der Waals surface area (Å²) >= 11 is 0. The Labute approximate surface area is 77.0 Å². The molecule has 0 heterocycles. The van der Waals surface area contributed by atoms with Crippen molar-refractivity contribution in [3.05, 3.63) is 24.3 Å². The minimum atomic E-state index is -0.336. The Balaban J connectivity index is 2.48. The zero-order valence-corrected chi connectivity index (χ0v) is 7.14. The maximum atomic E-state index is 8.48. The van der Waals surface area contributed by atoms with E-state index in [1.165, 1.54) is 0 Å². The molecule has 1 rings (SSSR count). The SMILES string of the molecule is OBOc1ccc(OCCO)cc1. The van der Waals surface area contributed by atoms with Gasteiger partial charge < -0.3 is 19.5 Å². The number of rotatable bonds is 5. The van der Waals surface area contributed by atoms with Crippen LogP contribution in [0.5, 0.6) is 11.5 Å². The molecule has 2 N–H and O–H groups in total. The third-order valence-corrected chi connectivity index (χ3v) is 1.41. The van der Waals surface area contributed by atoms with Crippen LogP contribution in [0.1, 0.15) is 0 Å². The first-order valence-electron chi connectivity index (χ1n) is 3.94. The number of hydrogen-bond acceptors (Lipinski definition) is 4. The summed E-state index contributed by atoms with van der Waals surface area (Å²) < 4.78 is 9.94. The fourth-order valence-electron chi connectivity index (χ4n) is 0.870. The lowest BCUT2D eigenvalue weighted by Crippen LogP contribution is -2.02. The monoisotopic (exact) mass is 182 g/mol. The quantitative estimate of drug-likeness (QED) is 0.613. The molecule has 0 saturated carbocycles. The average molecular weight is 182 g/mol. The number of aliphatic hydroxyl groups excluding tert-OH is 1. The Morgan fingerprint density at radius 3 is 2.31 bits per heavy atom. The molecule has 13 heavy (non-hydrogen) atoms. The van der Waals surface area contributed by atoms with Gasteiger partial charge in [-0.1, -0.05) is 0 Å². The van der Waals surface area contributed by atoms with E-state index < -0.39 is 0 Å². The van der Waals surface area contributed by atoms with Crippen LogP contribution in [0.2, 0.25) is 0 Å². The van der Waals surface area contributed by atoms with Gasteiger partial charge in [0.15, 0.2) is 0 Å². The molecule has 0 bridgehead atoms. The number of aliphatic hydroxyl groups is 1. The van der Waals surface area contributed by atoms with Crippen LogP contribution < -0.4 is 9.39 Å². The molecular formula is C8H11BO4. The molecule has 0 aliphatic rings. The van der Waals surface area contributed by atoms with Crippen LogP contribution in [-0.4, -0.2) is 31.0 Å². The van der Waals surface area contributed by atoms with Crippen LogP contribution in [0.15, 0.2) is 24.3 Å². The summed E-state index contributed by atoms with van der Waals surface area (Å²) in [5.74, 6) is 1.25. The Kier molecular flexibility index (Phi) is 4.15. The van der Waals surface area contributed by atoms with Crippen molar-refractivity contribution in [1.82, 2.24) is 0 Å². The van der Waals surface area contributed by atoms with E-state index in [0.717, 1.165) is 0 Å². The van der Waals surface area contributed by atoms with E-state index >= 15 is 0 Å². The maximum absolute atomic E-state index is 8.48. The van der Waals surface area contributed by atoms with Crippen LogP contribution >= 0.6 is 0 Å². The lowest BCUT2D eigenvalue weighted by molar-refractivity contribution is 0.201. The van der Waals surface area contributed by atoms with E-state index in [4.69, 9.17) is 19.5 Å². The Morgan fingerprint density at radius 2 is 1.77 bits per heavy atom. The van der Waals surface area contributed by atoms with Gasteiger partial charge in [0.2, 0.25) is 0 Å². The van der Waals surface area contributed by atoms with Gasteiger partial charge >= 0.3 is 7.69 Å². The molecule has 0 atom stereocenters. The van der Waals surface area contributed by atoms with Crippen molar-refractivity contribution in [2.75, 3.05) is 13.2 Å². The Hall–Kier alpha value is -1.20. The van der Waals surface area contributed by atoms with Gasteiger partial charge in [-0.2, -0.15) is 0 Å². The van der Waals surface area contributed by atoms with Crippen LogP contribution in [0.4, 0.5) is 0 Å². The highest BCUT2D eigenvalue weighted by atomic mass is 16.5. The lowest BCUT2D eigenvalue weighted by atomic mass is 10.3. The van der Waals surface area contributed by atoms with Gasteiger partial charge in [-0.15, -0.1) is 0 Å². The van der Waals surface area contributed by atoms with Crippen LogP contribution in [0.3, 0.4) is 0 Å². The van der Waals surface area contributed by atoms with Crippen LogP contribution in [0.25, 0.3) is 0 Å². The highest BCUT2D eigenvalue weighted by Crippen LogP contribution is 2.16. The van der Waals surface area contributed by atoms with Crippen molar-refractivity contribution in [1.29, 1.82) is 0 Å². The Morgan fingerprint density at radius 1 is 1.15 bits per heavy atom. The molecule has 5 heteroatoms. The predicted molar refractivity (Wildman–Crippen MR) is 49.0 cm³/mol. The molecule has 0 amide bonds. The van der Waals surface area contributed by atoms with Gasteiger partial charge in [-0.3, -0.25) is 0 Å². The van der Waals surface area contributed by atoms with Gasteiger partial charge in [0, 0.05) is 0 Å². The molecule has 0 radical (unpaired) electrons. The molecule has 0 aliphatic heterocycles. The smallest absolute Gasteiger partial charge is 0.504 e. The first-order chi connectivity index (χ1) is 6.36. The summed E-state index contributed by atoms with van der Waals surface area (Å²) in [7, 11) is -0.336. The van der Waals surface area contributed by atoms with E-state index in [9.17, 15) is 0 Å². The van der Waals surface area contributed by atoms with E-state index in [2.05, 4.69) is 0 Å². The molecule has 1 aromatic rings. The largest absolute Gasteiger partial charge is 0.539 e. The second-order valence-corrected chi connectivity index (χ2v) is 2.32. The fraction of sp³-hybridized carbons (Fsp3) is 0.250. The van der Waals surface area contributed by atoms with Gasteiger partial charge in [0.25, 0.3) is 0 Å². The van der Waals surface area contributed by atoms with Crippen LogP contribution in [0, 0.1) is 0 Å².